The van der Waals surface area contributed by atoms with Crippen LogP contribution in [-0.4, -0.2) is 34.6 Å². The molecule has 0 bridgehead atoms. The number of likely N-dealkylation sites (N-methyl/N-ethyl adjacent to an activating group) is 1. The second-order valence-electron chi connectivity index (χ2n) is 6.52. The Morgan fingerprint density at radius 3 is 2.76 bits per heavy atom. The van der Waals surface area contributed by atoms with Gasteiger partial charge in [-0.15, -0.1) is 0 Å². The molecule has 1 aromatic heterocycles. The molecule has 0 aliphatic heterocycles. The van der Waals surface area contributed by atoms with E-state index in [-0.39, 0.29) is 11.6 Å². The standard InChI is InChI=1S/C17H30N4/c1-5-21(6-2)17(3,4)16(20-18)14-11-7-9-13-10-8-12-19-15(13)14/h8,10,12,14,16,20H,5-7,9,11,18H2,1-4H3. The zero-order valence-electron chi connectivity index (χ0n) is 13.9. The Kier molecular flexibility index (Phi) is 5.36. The number of pyridine rings is 1. The van der Waals surface area contributed by atoms with Crippen LogP contribution in [0, 0.1) is 0 Å². The second kappa shape index (κ2) is 6.86. The molecule has 21 heavy (non-hydrogen) atoms. The van der Waals surface area contributed by atoms with Gasteiger partial charge in [0.2, 0.25) is 0 Å². The van der Waals surface area contributed by atoms with Crippen molar-refractivity contribution in [3.63, 3.8) is 0 Å². The summed E-state index contributed by atoms with van der Waals surface area (Å²) in [4.78, 5) is 7.16. The van der Waals surface area contributed by atoms with Crippen LogP contribution in [0.1, 0.15) is 57.7 Å². The Hall–Kier alpha value is -0.970. The highest BCUT2D eigenvalue weighted by molar-refractivity contribution is 5.28. The molecule has 0 radical (unpaired) electrons. The Bertz CT molecular complexity index is 454. The summed E-state index contributed by atoms with van der Waals surface area (Å²) in [5.74, 6) is 6.37. The van der Waals surface area contributed by atoms with Gasteiger partial charge in [-0.2, -0.15) is 0 Å². The van der Waals surface area contributed by atoms with Gasteiger partial charge in [-0.25, -0.2) is 0 Å². The fourth-order valence-electron chi connectivity index (χ4n) is 4.02. The van der Waals surface area contributed by atoms with Crippen LogP contribution < -0.4 is 11.3 Å². The number of hydrogen-bond acceptors (Lipinski definition) is 4. The third-order valence-electron chi connectivity index (χ3n) is 5.16. The van der Waals surface area contributed by atoms with Gasteiger partial charge in [0.1, 0.15) is 0 Å². The van der Waals surface area contributed by atoms with E-state index in [0.717, 1.165) is 25.9 Å². The minimum Gasteiger partial charge on any atom is -0.297 e. The lowest BCUT2D eigenvalue weighted by atomic mass is 9.75. The first kappa shape index (κ1) is 16.4. The largest absolute Gasteiger partial charge is 0.297 e. The molecule has 0 spiro atoms. The third kappa shape index (κ3) is 3.12. The first-order valence-electron chi connectivity index (χ1n) is 8.21. The molecule has 4 nitrogen and oxygen atoms in total. The Morgan fingerprint density at radius 1 is 1.43 bits per heavy atom. The van der Waals surface area contributed by atoms with Crippen LogP contribution in [0.25, 0.3) is 0 Å². The molecule has 118 valence electrons. The number of rotatable bonds is 6. The number of hydrazine groups is 1. The average molecular weight is 290 g/mol. The third-order valence-corrected chi connectivity index (χ3v) is 5.16. The van der Waals surface area contributed by atoms with Crippen molar-refractivity contribution in [1.29, 1.82) is 0 Å². The minimum absolute atomic E-state index is 0.00491. The molecule has 2 unspecified atom stereocenters. The van der Waals surface area contributed by atoms with Gasteiger partial charge in [0.15, 0.2) is 0 Å². The van der Waals surface area contributed by atoms with Gasteiger partial charge < -0.3 is 0 Å². The SMILES string of the molecule is CCN(CC)C(C)(C)C(NN)C1CCCc2cccnc21. The van der Waals surface area contributed by atoms with Gasteiger partial charge in [-0.05, 0) is 57.8 Å². The van der Waals surface area contributed by atoms with Crippen molar-refractivity contribution in [3.8, 4) is 0 Å². The molecule has 0 saturated carbocycles. The molecule has 1 aromatic rings. The summed E-state index contributed by atoms with van der Waals surface area (Å²) in [6.45, 7) is 11.1. The van der Waals surface area contributed by atoms with Gasteiger partial charge in [-0.3, -0.25) is 21.2 Å². The molecule has 4 heteroatoms. The quantitative estimate of drug-likeness (QED) is 0.624. The molecule has 0 aromatic carbocycles. The van der Waals surface area contributed by atoms with Crippen molar-refractivity contribution in [1.82, 2.24) is 15.3 Å². The van der Waals surface area contributed by atoms with E-state index in [9.17, 15) is 0 Å². The number of aryl methyl sites for hydroxylation is 1. The maximum absolute atomic E-state index is 5.99. The van der Waals surface area contributed by atoms with E-state index in [2.05, 4.69) is 49.1 Å². The normalized spacial score (nSPS) is 20.4. The number of fused-ring (bicyclic) bond motifs is 1. The van der Waals surface area contributed by atoms with Gasteiger partial charge in [0.05, 0.1) is 0 Å². The highest BCUT2D eigenvalue weighted by Gasteiger charge is 2.41. The number of nitrogens with one attached hydrogen (secondary N) is 1. The minimum atomic E-state index is -0.00491. The number of hydrogen-bond donors (Lipinski definition) is 2. The van der Waals surface area contributed by atoms with Crippen molar-refractivity contribution < 1.29 is 0 Å². The molecule has 1 aliphatic carbocycles. The van der Waals surface area contributed by atoms with Crippen LogP contribution in [0.5, 0.6) is 0 Å². The lowest BCUT2D eigenvalue weighted by Gasteiger charge is -2.47. The highest BCUT2D eigenvalue weighted by atomic mass is 15.3. The molecule has 1 heterocycles. The fourth-order valence-corrected chi connectivity index (χ4v) is 4.02. The highest BCUT2D eigenvalue weighted by Crippen LogP contribution is 2.37. The van der Waals surface area contributed by atoms with Gasteiger partial charge >= 0.3 is 0 Å². The van der Waals surface area contributed by atoms with E-state index in [1.165, 1.54) is 17.7 Å². The molecular weight excluding hydrogens is 260 g/mol. The van der Waals surface area contributed by atoms with Crippen molar-refractivity contribution in [3.05, 3.63) is 29.6 Å². The van der Waals surface area contributed by atoms with Crippen LogP contribution in [0.2, 0.25) is 0 Å². The average Bonchev–Trinajstić information content (AvgIpc) is 2.49. The number of nitrogens with zero attached hydrogens (tertiary/aromatic N) is 2. The van der Waals surface area contributed by atoms with E-state index in [0.29, 0.717) is 5.92 Å². The maximum atomic E-state index is 5.99. The molecule has 0 fully saturated rings. The summed E-state index contributed by atoms with van der Waals surface area (Å²) >= 11 is 0. The number of aromatic nitrogens is 1. The predicted molar refractivity (Wildman–Crippen MR) is 88.0 cm³/mol. The van der Waals surface area contributed by atoms with Crippen molar-refractivity contribution in [2.24, 2.45) is 5.84 Å². The first-order chi connectivity index (χ1) is 10.1. The second-order valence-corrected chi connectivity index (χ2v) is 6.52. The molecule has 2 rings (SSSR count). The Morgan fingerprint density at radius 2 is 2.14 bits per heavy atom. The van der Waals surface area contributed by atoms with Gasteiger partial charge in [0.25, 0.3) is 0 Å². The van der Waals surface area contributed by atoms with E-state index < -0.39 is 0 Å². The maximum Gasteiger partial charge on any atom is 0.0483 e. The summed E-state index contributed by atoms with van der Waals surface area (Å²) in [7, 11) is 0. The van der Waals surface area contributed by atoms with Crippen LogP contribution in [0.15, 0.2) is 18.3 Å². The topological polar surface area (TPSA) is 54.2 Å². The van der Waals surface area contributed by atoms with Gasteiger partial charge in [0, 0.05) is 29.4 Å². The molecule has 3 N–H and O–H groups in total. The summed E-state index contributed by atoms with van der Waals surface area (Å²) < 4.78 is 0. The fraction of sp³-hybridized carbons (Fsp3) is 0.706. The van der Waals surface area contributed by atoms with Crippen LogP contribution >= 0.6 is 0 Å². The smallest absolute Gasteiger partial charge is 0.0483 e. The lowest BCUT2D eigenvalue weighted by Crippen LogP contribution is -2.62. The van der Waals surface area contributed by atoms with Crippen LogP contribution in [0.4, 0.5) is 0 Å². The number of nitrogens with two attached hydrogens (primary N) is 1. The summed E-state index contributed by atoms with van der Waals surface area (Å²) in [6, 6.07) is 4.46. The van der Waals surface area contributed by atoms with Crippen molar-refractivity contribution >= 4 is 0 Å². The molecule has 0 saturated heterocycles. The molecule has 1 aliphatic rings. The molecule has 2 atom stereocenters. The monoisotopic (exact) mass is 290 g/mol. The summed E-state index contributed by atoms with van der Waals surface area (Å²) in [5.41, 5.74) is 5.75. The van der Waals surface area contributed by atoms with Crippen LogP contribution in [0.3, 0.4) is 0 Å². The first-order valence-corrected chi connectivity index (χ1v) is 8.21. The van der Waals surface area contributed by atoms with Crippen LogP contribution in [-0.2, 0) is 6.42 Å². The van der Waals surface area contributed by atoms with E-state index >= 15 is 0 Å². The zero-order valence-corrected chi connectivity index (χ0v) is 13.9. The molecule has 0 amide bonds. The van der Waals surface area contributed by atoms with E-state index in [1.54, 1.807) is 0 Å². The predicted octanol–water partition coefficient (Wildman–Crippen LogP) is 2.45. The van der Waals surface area contributed by atoms with Gasteiger partial charge in [-0.1, -0.05) is 19.9 Å². The summed E-state index contributed by atoms with van der Waals surface area (Å²) in [5, 5.41) is 0. The molecular formula is C17H30N4. The zero-order chi connectivity index (χ0) is 15.5. The van der Waals surface area contributed by atoms with E-state index in [1.807, 2.05) is 12.3 Å². The Labute approximate surface area is 129 Å². The van der Waals surface area contributed by atoms with Crippen molar-refractivity contribution in [2.75, 3.05) is 13.1 Å². The van der Waals surface area contributed by atoms with Crippen molar-refractivity contribution in [2.45, 2.75) is 64.5 Å². The lowest BCUT2D eigenvalue weighted by molar-refractivity contribution is 0.0755. The summed E-state index contributed by atoms with van der Waals surface area (Å²) in [6.07, 6.45) is 5.43. The Balaban J connectivity index is 2.34. The van der Waals surface area contributed by atoms with E-state index in [4.69, 9.17) is 5.84 Å².